The van der Waals surface area contributed by atoms with Gasteiger partial charge in [-0.2, -0.15) is 9.11 Å². The minimum Gasteiger partial charge on any atom is -0.464 e. The number of furan rings is 1. The van der Waals surface area contributed by atoms with E-state index in [9.17, 15) is 12.8 Å². The summed E-state index contributed by atoms with van der Waals surface area (Å²) in [6.07, 6.45) is 1.87. The minimum atomic E-state index is -4.09. The Morgan fingerprint density at radius 1 is 1.41 bits per heavy atom. The van der Waals surface area contributed by atoms with E-state index in [2.05, 4.69) is 9.71 Å². The molecule has 0 bridgehead atoms. The fourth-order valence-electron chi connectivity index (χ4n) is 1.94. The molecule has 0 amide bonds. The molecule has 0 aliphatic rings. The Morgan fingerprint density at radius 3 is 2.77 bits per heavy atom. The van der Waals surface area contributed by atoms with Crippen LogP contribution in [0.3, 0.4) is 0 Å². The maximum atomic E-state index is 13.6. The second-order valence-corrected chi connectivity index (χ2v) is 6.26. The van der Waals surface area contributed by atoms with Gasteiger partial charge in [0.1, 0.15) is 22.5 Å². The molecule has 2 rings (SSSR count). The van der Waals surface area contributed by atoms with E-state index in [-0.39, 0.29) is 6.61 Å². The highest BCUT2D eigenvalue weighted by Crippen LogP contribution is 2.21. The van der Waals surface area contributed by atoms with E-state index < -0.39 is 26.9 Å². The maximum absolute atomic E-state index is 13.6. The highest BCUT2D eigenvalue weighted by Gasteiger charge is 2.26. The van der Waals surface area contributed by atoms with Crippen molar-refractivity contribution in [2.45, 2.75) is 24.3 Å². The van der Waals surface area contributed by atoms with Crippen molar-refractivity contribution < 1.29 is 22.0 Å². The zero-order valence-corrected chi connectivity index (χ0v) is 13.1. The van der Waals surface area contributed by atoms with E-state index in [1.165, 1.54) is 19.4 Å². The predicted octanol–water partition coefficient (Wildman–Crippen LogP) is 2.04. The van der Waals surface area contributed by atoms with Crippen molar-refractivity contribution in [1.82, 2.24) is 9.71 Å². The molecule has 8 heteroatoms. The molecule has 2 aromatic heterocycles. The lowest BCUT2D eigenvalue weighted by atomic mass is 10.2. The van der Waals surface area contributed by atoms with Crippen LogP contribution in [0.15, 0.2) is 39.8 Å². The van der Waals surface area contributed by atoms with E-state index in [0.717, 1.165) is 11.8 Å². The summed E-state index contributed by atoms with van der Waals surface area (Å²) in [7, 11) is -2.65. The number of methoxy groups -OCH3 is 1. The number of ether oxygens (including phenoxy) is 1. The summed E-state index contributed by atoms with van der Waals surface area (Å²) >= 11 is 0. The lowest BCUT2D eigenvalue weighted by Gasteiger charge is -2.16. The third-order valence-electron chi connectivity index (χ3n) is 3.02. The first-order valence-electron chi connectivity index (χ1n) is 6.68. The number of nitrogens with one attached hydrogen (secondary N) is 1. The van der Waals surface area contributed by atoms with Crippen LogP contribution >= 0.6 is 0 Å². The molecule has 0 saturated carbocycles. The van der Waals surface area contributed by atoms with E-state index in [1.54, 1.807) is 12.1 Å². The van der Waals surface area contributed by atoms with Crippen LogP contribution in [-0.2, 0) is 21.2 Å². The molecule has 0 saturated heterocycles. The van der Waals surface area contributed by atoms with Gasteiger partial charge in [-0.1, -0.05) is 6.92 Å². The van der Waals surface area contributed by atoms with Crippen LogP contribution in [0.1, 0.15) is 24.5 Å². The summed E-state index contributed by atoms with van der Waals surface area (Å²) in [5, 5.41) is 0. The molecule has 0 spiro atoms. The van der Waals surface area contributed by atoms with Crippen molar-refractivity contribution in [2.75, 3.05) is 13.7 Å². The third kappa shape index (κ3) is 3.70. The number of aryl methyl sites for hydroxylation is 1. The first-order chi connectivity index (χ1) is 10.5. The number of aromatic nitrogens is 1. The van der Waals surface area contributed by atoms with Gasteiger partial charge in [0, 0.05) is 19.7 Å². The lowest BCUT2D eigenvalue weighted by Crippen LogP contribution is -2.31. The van der Waals surface area contributed by atoms with Crippen LogP contribution in [0.4, 0.5) is 4.39 Å². The number of nitrogens with zero attached hydrogens (tertiary/aromatic N) is 1. The summed E-state index contributed by atoms with van der Waals surface area (Å²) in [4.78, 5) is 2.83. The average molecular weight is 328 g/mol. The fourth-order valence-corrected chi connectivity index (χ4v) is 3.15. The van der Waals surface area contributed by atoms with Gasteiger partial charge in [0.25, 0.3) is 0 Å². The topological polar surface area (TPSA) is 81.4 Å². The molecule has 120 valence electrons. The van der Waals surface area contributed by atoms with Gasteiger partial charge in [-0.05, 0) is 24.3 Å². The standard InChI is InChI=1S/C14H17FN2O4S/c1-3-10-6-7-12(21-10)11(9-20-2)17-22(18,19)13-5-4-8-16-14(13)15/h4-8,11,17H,3,9H2,1-2H3. The average Bonchev–Trinajstić information content (AvgIpc) is 2.96. The van der Waals surface area contributed by atoms with Gasteiger partial charge in [-0.3, -0.25) is 0 Å². The van der Waals surface area contributed by atoms with Crippen LogP contribution in [0, 0.1) is 5.95 Å². The monoisotopic (exact) mass is 328 g/mol. The van der Waals surface area contributed by atoms with Crippen LogP contribution in [-0.4, -0.2) is 27.1 Å². The minimum absolute atomic E-state index is 0.0534. The second kappa shape index (κ2) is 6.99. The Morgan fingerprint density at radius 2 is 2.18 bits per heavy atom. The zero-order valence-electron chi connectivity index (χ0n) is 12.2. The maximum Gasteiger partial charge on any atom is 0.245 e. The quantitative estimate of drug-likeness (QED) is 0.787. The number of rotatable bonds is 7. The molecule has 6 nitrogen and oxygen atoms in total. The molecule has 0 aliphatic carbocycles. The molecule has 0 radical (unpaired) electrons. The van der Waals surface area contributed by atoms with Crippen molar-refractivity contribution >= 4 is 10.0 Å². The third-order valence-corrected chi connectivity index (χ3v) is 4.50. The SMILES string of the molecule is CCc1ccc(C(COC)NS(=O)(=O)c2cccnc2F)o1. The Balaban J connectivity index is 2.29. The van der Waals surface area contributed by atoms with Crippen LogP contribution in [0.5, 0.6) is 0 Å². The zero-order chi connectivity index (χ0) is 16.2. The second-order valence-electron chi connectivity index (χ2n) is 4.58. The summed E-state index contributed by atoms with van der Waals surface area (Å²) in [6.45, 7) is 1.97. The van der Waals surface area contributed by atoms with Crippen LogP contribution in [0.2, 0.25) is 0 Å². The van der Waals surface area contributed by atoms with Gasteiger partial charge >= 0.3 is 0 Å². The Bertz CT molecular complexity index is 730. The van der Waals surface area contributed by atoms with Gasteiger partial charge in [0.2, 0.25) is 16.0 Å². The van der Waals surface area contributed by atoms with Crippen molar-refractivity contribution in [1.29, 1.82) is 0 Å². The van der Waals surface area contributed by atoms with Gasteiger partial charge in [-0.15, -0.1) is 0 Å². The molecular formula is C14H17FN2O4S. The highest BCUT2D eigenvalue weighted by molar-refractivity contribution is 7.89. The van der Waals surface area contributed by atoms with Gasteiger partial charge in [0.05, 0.1) is 6.61 Å². The highest BCUT2D eigenvalue weighted by atomic mass is 32.2. The Hall–Kier alpha value is -1.77. The largest absolute Gasteiger partial charge is 0.464 e. The smallest absolute Gasteiger partial charge is 0.245 e. The molecule has 2 heterocycles. The van der Waals surface area contributed by atoms with Crippen LogP contribution in [0.25, 0.3) is 0 Å². The summed E-state index contributed by atoms with van der Waals surface area (Å²) < 4.78 is 51.1. The fraction of sp³-hybridized carbons (Fsp3) is 0.357. The summed E-state index contributed by atoms with van der Waals surface area (Å²) in [5.74, 6) is 0.0780. The predicted molar refractivity (Wildman–Crippen MR) is 77.2 cm³/mol. The molecule has 0 aromatic carbocycles. The van der Waals surface area contributed by atoms with Crippen molar-refractivity contribution in [3.63, 3.8) is 0 Å². The first-order valence-corrected chi connectivity index (χ1v) is 8.16. The van der Waals surface area contributed by atoms with Crippen molar-refractivity contribution in [3.05, 3.63) is 47.9 Å². The molecule has 1 unspecified atom stereocenters. The molecule has 0 fully saturated rings. The van der Waals surface area contributed by atoms with Gasteiger partial charge < -0.3 is 9.15 Å². The molecule has 1 atom stereocenters. The number of pyridine rings is 1. The number of halogens is 1. The number of hydrogen-bond acceptors (Lipinski definition) is 5. The number of hydrogen-bond donors (Lipinski definition) is 1. The molecule has 0 aliphatic heterocycles. The van der Waals surface area contributed by atoms with E-state index in [4.69, 9.17) is 9.15 Å². The van der Waals surface area contributed by atoms with E-state index in [0.29, 0.717) is 12.2 Å². The summed E-state index contributed by atoms with van der Waals surface area (Å²) in [5.41, 5.74) is 0. The van der Waals surface area contributed by atoms with Crippen molar-refractivity contribution in [2.24, 2.45) is 0 Å². The van der Waals surface area contributed by atoms with Gasteiger partial charge in [-0.25, -0.2) is 13.4 Å². The Labute approximate surface area is 128 Å². The lowest BCUT2D eigenvalue weighted by molar-refractivity contribution is 0.165. The number of sulfonamides is 1. The Kier molecular flexibility index (Phi) is 5.28. The molecule has 2 aromatic rings. The van der Waals surface area contributed by atoms with E-state index in [1.807, 2.05) is 6.92 Å². The molecule has 1 N–H and O–H groups in total. The normalized spacial score (nSPS) is 13.2. The van der Waals surface area contributed by atoms with E-state index >= 15 is 0 Å². The summed E-state index contributed by atoms with van der Waals surface area (Å²) in [6, 6.07) is 5.18. The molecular weight excluding hydrogens is 311 g/mol. The first kappa shape index (κ1) is 16.6. The molecule has 22 heavy (non-hydrogen) atoms. The van der Waals surface area contributed by atoms with Gasteiger partial charge in [0.15, 0.2) is 0 Å². The van der Waals surface area contributed by atoms with Crippen LogP contribution < -0.4 is 4.72 Å². The van der Waals surface area contributed by atoms with Crippen molar-refractivity contribution in [3.8, 4) is 0 Å².